The summed E-state index contributed by atoms with van der Waals surface area (Å²) in [5.74, 6) is -0.678. The molecule has 3 rings (SSSR count). The number of aliphatic imine (C=N–C) groups is 1. The van der Waals surface area contributed by atoms with Gasteiger partial charge in [0.25, 0.3) is 5.91 Å². The molecule has 9 heteroatoms. The van der Waals surface area contributed by atoms with Crippen molar-refractivity contribution < 1.29 is 14.3 Å². The highest BCUT2D eigenvalue weighted by molar-refractivity contribution is 8.15. The van der Waals surface area contributed by atoms with Crippen LogP contribution in [0.2, 0.25) is 0 Å². The van der Waals surface area contributed by atoms with E-state index in [1.54, 1.807) is 24.0 Å². The molecule has 0 aliphatic carbocycles. The summed E-state index contributed by atoms with van der Waals surface area (Å²) < 4.78 is 6.30. The molecule has 1 aliphatic heterocycles. The van der Waals surface area contributed by atoms with E-state index in [-0.39, 0.29) is 17.6 Å². The highest BCUT2D eigenvalue weighted by Crippen LogP contribution is 2.20. The van der Waals surface area contributed by atoms with Crippen LogP contribution in [0.15, 0.2) is 47.6 Å². The van der Waals surface area contributed by atoms with Gasteiger partial charge in [-0.2, -0.15) is 5.10 Å². The molecule has 1 atom stereocenters. The maximum absolute atomic E-state index is 12.0. The van der Waals surface area contributed by atoms with Crippen molar-refractivity contribution in [3.8, 4) is 5.69 Å². The van der Waals surface area contributed by atoms with E-state index in [9.17, 15) is 9.59 Å². The number of ether oxygens (including phenoxy) is 1. The van der Waals surface area contributed by atoms with Gasteiger partial charge >= 0.3 is 5.97 Å². The number of hydrogen-bond acceptors (Lipinski definition) is 7. The zero-order valence-corrected chi connectivity index (χ0v) is 14.4. The monoisotopic (exact) mass is 357 g/mol. The van der Waals surface area contributed by atoms with Crippen molar-refractivity contribution in [2.75, 3.05) is 7.11 Å². The van der Waals surface area contributed by atoms with Gasteiger partial charge in [-0.3, -0.25) is 14.9 Å². The van der Waals surface area contributed by atoms with Crippen molar-refractivity contribution in [1.29, 1.82) is 0 Å². The molecule has 0 saturated heterocycles. The second-order valence-corrected chi connectivity index (χ2v) is 6.44. The molecule has 0 spiro atoms. The molecule has 0 unspecified atom stereocenters. The Hall–Kier alpha value is -2.94. The van der Waals surface area contributed by atoms with Crippen LogP contribution in [0.4, 0.5) is 0 Å². The molecule has 1 N–H and O–H groups in total. The van der Waals surface area contributed by atoms with Crippen molar-refractivity contribution in [3.05, 3.63) is 48.2 Å². The first-order valence-corrected chi connectivity index (χ1v) is 8.26. The first-order chi connectivity index (χ1) is 12.1. The zero-order chi connectivity index (χ0) is 17.8. The first-order valence-electron chi connectivity index (χ1n) is 7.38. The number of hydrogen-bond donors (Lipinski definition) is 1. The third kappa shape index (κ3) is 3.94. The molecular formula is C16H15N5O3S. The van der Waals surface area contributed by atoms with Crippen LogP contribution in [0.3, 0.4) is 0 Å². The summed E-state index contributed by atoms with van der Waals surface area (Å²) >= 11 is 1.14. The van der Waals surface area contributed by atoms with Gasteiger partial charge in [0, 0.05) is 0 Å². The highest BCUT2D eigenvalue weighted by atomic mass is 32.2. The molecular weight excluding hydrogens is 342 g/mol. The van der Waals surface area contributed by atoms with Crippen LogP contribution >= 0.6 is 11.8 Å². The second kappa shape index (κ2) is 7.31. The summed E-state index contributed by atoms with van der Waals surface area (Å²) in [4.78, 5) is 31.6. The van der Waals surface area contributed by atoms with E-state index < -0.39 is 5.25 Å². The van der Waals surface area contributed by atoms with E-state index in [4.69, 9.17) is 0 Å². The number of carbonyl (C=O) groups is 2. The van der Waals surface area contributed by atoms with Crippen molar-refractivity contribution in [2.24, 2.45) is 4.99 Å². The minimum atomic E-state index is -0.453. The van der Waals surface area contributed by atoms with Crippen LogP contribution < -0.4 is 5.32 Å². The minimum absolute atomic E-state index is 0.285. The van der Waals surface area contributed by atoms with Crippen LogP contribution in [0.25, 0.3) is 11.8 Å². The molecule has 1 aromatic heterocycles. The molecule has 8 nitrogen and oxygen atoms in total. The minimum Gasteiger partial charge on any atom is -0.468 e. The summed E-state index contributed by atoms with van der Waals surface area (Å²) in [6, 6.07) is 7.45. The predicted octanol–water partition coefficient (Wildman–Crippen LogP) is 1.39. The number of nitrogens with zero attached hydrogens (tertiary/aromatic N) is 4. The standard InChI is InChI=1S/C16H15N5O3S/c1-10(15(23)24-2)25-16-19-13(14(22)20-16)7-11-3-5-12(6-4-11)21-9-17-8-18-21/h3-10H,1-2H3,(H,19,20,22)/b13-7+/t10-/m1/s1. The number of nitrogens with one attached hydrogen (secondary N) is 1. The van der Waals surface area contributed by atoms with Crippen LogP contribution in [0.5, 0.6) is 0 Å². The fourth-order valence-electron chi connectivity index (χ4n) is 2.11. The normalized spacial score (nSPS) is 16.5. The summed E-state index contributed by atoms with van der Waals surface area (Å²) in [6.45, 7) is 1.69. The first kappa shape index (κ1) is 16.9. The maximum Gasteiger partial charge on any atom is 0.318 e. The molecule has 0 radical (unpaired) electrons. The Balaban J connectivity index is 1.74. The van der Waals surface area contributed by atoms with Gasteiger partial charge in [-0.25, -0.2) is 14.7 Å². The molecule has 1 aromatic carbocycles. The summed E-state index contributed by atoms with van der Waals surface area (Å²) in [5.41, 5.74) is 1.97. The Kier molecular flexibility index (Phi) is 4.94. The Morgan fingerprint density at radius 1 is 1.36 bits per heavy atom. The summed E-state index contributed by atoms with van der Waals surface area (Å²) in [5, 5.41) is 6.63. The Morgan fingerprint density at radius 2 is 2.12 bits per heavy atom. The van der Waals surface area contributed by atoms with Crippen LogP contribution in [-0.2, 0) is 14.3 Å². The molecule has 25 heavy (non-hydrogen) atoms. The predicted molar refractivity (Wildman–Crippen MR) is 94.0 cm³/mol. The van der Waals surface area contributed by atoms with Gasteiger partial charge in [-0.05, 0) is 30.7 Å². The molecule has 1 aliphatic rings. The Labute approximate surface area is 148 Å². The Morgan fingerprint density at radius 3 is 2.76 bits per heavy atom. The summed E-state index contributed by atoms with van der Waals surface area (Å²) in [6.07, 6.45) is 4.74. The van der Waals surface area contributed by atoms with E-state index in [1.807, 2.05) is 24.3 Å². The third-order valence-electron chi connectivity index (χ3n) is 3.38. The van der Waals surface area contributed by atoms with Gasteiger partial charge in [0.2, 0.25) is 0 Å². The molecule has 2 heterocycles. The lowest BCUT2D eigenvalue weighted by Gasteiger charge is -2.07. The molecule has 1 amide bonds. The number of esters is 1. The molecule has 0 bridgehead atoms. The molecule has 0 saturated carbocycles. The van der Waals surface area contributed by atoms with Gasteiger partial charge < -0.3 is 4.74 Å². The van der Waals surface area contributed by atoms with Crippen molar-refractivity contribution in [3.63, 3.8) is 0 Å². The van der Waals surface area contributed by atoms with Crippen molar-refractivity contribution >= 4 is 34.9 Å². The van der Waals surface area contributed by atoms with Crippen LogP contribution in [-0.4, -0.2) is 44.2 Å². The van der Waals surface area contributed by atoms with E-state index in [2.05, 4.69) is 25.1 Å². The SMILES string of the molecule is COC(=O)[C@@H](C)SC1=N/C(=C/c2ccc(-n3cncn3)cc2)C(=O)N1. The number of aromatic nitrogens is 3. The van der Waals surface area contributed by atoms with Crippen molar-refractivity contribution in [1.82, 2.24) is 20.1 Å². The fraction of sp³-hybridized carbons (Fsp3) is 0.188. The van der Waals surface area contributed by atoms with Gasteiger partial charge in [0.05, 0.1) is 12.8 Å². The van der Waals surface area contributed by atoms with Crippen molar-refractivity contribution in [2.45, 2.75) is 12.2 Å². The Bertz CT molecular complexity index is 843. The molecule has 128 valence electrons. The number of methoxy groups -OCH3 is 1. The number of carbonyl (C=O) groups excluding carboxylic acids is 2. The van der Waals surface area contributed by atoms with Gasteiger partial charge in [0.15, 0.2) is 5.17 Å². The van der Waals surface area contributed by atoms with Gasteiger partial charge in [0.1, 0.15) is 23.6 Å². The average Bonchev–Trinajstić information content (AvgIpc) is 3.25. The third-order valence-corrected chi connectivity index (χ3v) is 4.34. The molecule has 0 fully saturated rings. The van der Waals surface area contributed by atoms with E-state index >= 15 is 0 Å². The van der Waals surface area contributed by atoms with E-state index in [1.165, 1.54) is 13.4 Å². The second-order valence-electron chi connectivity index (χ2n) is 5.12. The van der Waals surface area contributed by atoms with E-state index in [0.29, 0.717) is 5.17 Å². The molecule has 2 aromatic rings. The maximum atomic E-state index is 12.0. The van der Waals surface area contributed by atoms with Gasteiger partial charge in [-0.1, -0.05) is 23.9 Å². The lowest BCUT2D eigenvalue weighted by Crippen LogP contribution is -2.25. The fourth-order valence-corrected chi connectivity index (χ4v) is 2.94. The average molecular weight is 357 g/mol. The quantitative estimate of drug-likeness (QED) is 0.656. The highest BCUT2D eigenvalue weighted by Gasteiger charge is 2.24. The smallest absolute Gasteiger partial charge is 0.318 e. The number of thioether (sulfide) groups is 1. The largest absolute Gasteiger partial charge is 0.468 e. The number of amides is 1. The van der Waals surface area contributed by atoms with Crippen LogP contribution in [0, 0.1) is 0 Å². The lowest BCUT2D eigenvalue weighted by molar-refractivity contribution is -0.139. The number of benzene rings is 1. The van der Waals surface area contributed by atoms with Crippen LogP contribution in [0.1, 0.15) is 12.5 Å². The lowest BCUT2D eigenvalue weighted by atomic mass is 10.2. The van der Waals surface area contributed by atoms with E-state index in [0.717, 1.165) is 23.0 Å². The topological polar surface area (TPSA) is 98.5 Å². The summed E-state index contributed by atoms with van der Waals surface area (Å²) in [7, 11) is 1.32. The number of amidine groups is 1. The zero-order valence-electron chi connectivity index (χ0n) is 13.5. The number of rotatable bonds is 4. The van der Waals surface area contributed by atoms with Gasteiger partial charge in [-0.15, -0.1) is 0 Å².